The van der Waals surface area contributed by atoms with Crippen molar-refractivity contribution in [2.45, 2.75) is 12.5 Å². The van der Waals surface area contributed by atoms with Crippen molar-refractivity contribution in [3.63, 3.8) is 0 Å². The number of benzene rings is 2. The monoisotopic (exact) mass is 361 g/mol. The number of nitrogens with one attached hydrogen (secondary N) is 1. The first-order chi connectivity index (χ1) is 13.3. The predicted octanol–water partition coefficient (Wildman–Crippen LogP) is 3.53. The van der Waals surface area contributed by atoms with Crippen LogP contribution >= 0.6 is 0 Å². The van der Waals surface area contributed by atoms with Gasteiger partial charge in [0.25, 0.3) is 0 Å². The highest BCUT2D eigenvalue weighted by molar-refractivity contribution is 5.93. The minimum absolute atomic E-state index is 0.0182. The number of hydrogen-bond donors (Lipinski definition) is 1. The summed E-state index contributed by atoms with van der Waals surface area (Å²) in [7, 11) is 1.62. The third-order valence-corrected chi connectivity index (χ3v) is 4.39. The van der Waals surface area contributed by atoms with Gasteiger partial charge in [-0.1, -0.05) is 12.0 Å². The number of anilines is 2. The van der Waals surface area contributed by atoms with Gasteiger partial charge in [0, 0.05) is 29.1 Å². The molecule has 6 nitrogen and oxygen atoms in total. The molecule has 1 aromatic heterocycles. The van der Waals surface area contributed by atoms with Gasteiger partial charge in [0.2, 0.25) is 0 Å². The summed E-state index contributed by atoms with van der Waals surface area (Å²) in [6.45, 7) is 1.29. The van der Waals surface area contributed by atoms with E-state index in [0.717, 1.165) is 28.6 Å². The van der Waals surface area contributed by atoms with Crippen molar-refractivity contribution in [1.29, 1.82) is 0 Å². The molecule has 27 heavy (non-hydrogen) atoms. The SMILES string of the molecule is C#Cc1cccc(Nc2ncnc3cc(OC)c(O[C@@H]4CCOC4)cc23)c1. The molecule has 1 atom stereocenters. The van der Waals surface area contributed by atoms with Gasteiger partial charge in [-0.25, -0.2) is 9.97 Å². The number of rotatable bonds is 5. The van der Waals surface area contributed by atoms with Crippen molar-refractivity contribution in [3.05, 3.63) is 48.3 Å². The van der Waals surface area contributed by atoms with E-state index in [1.165, 1.54) is 6.33 Å². The second kappa shape index (κ2) is 7.52. The summed E-state index contributed by atoms with van der Waals surface area (Å²) >= 11 is 0. The highest BCUT2D eigenvalue weighted by Crippen LogP contribution is 2.36. The second-order valence-electron chi connectivity index (χ2n) is 6.20. The topological polar surface area (TPSA) is 65.5 Å². The van der Waals surface area contributed by atoms with Crippen LogP contribution in [0.25, 0.3) is 10.9 Å². The van der Waals surface area contributed by atoms with E-state index in [2.05, 4.69) is 21.2 Å². The Morgan fingerprint density at radius 2 is 2.15 bits per heavy atom. The van der Waals surface area contributed by atoms with Crippen molar-refractivity contribution in [2.75, 3.05) is 25.6 Å². The van der Waals surface area contributed by atoms with Gasteiger partial charge in [0.15, 0.2) is 11.5 Å². The fourth-order valence-electron chi connectivity index (χ4n) is 3.02. The molecule has 2 aromatic carbocycles. The van der Waals surface area contributed by atoms with E-state index in [0.29, 0.717) is 30.5 Å². The second-order valence-corrected chi connectivity index (χ2v) is 6.20. The van der Waals surface area contributed by atoms with Crippen LogP contribution in [0.3, 0.4) is 0 Å². The predicted molar refractivity (Wildman–Crippen MR) is 104 cm³/mol. The normalized spacial score (nSPS) is 16.1. The molecule has 0 spiro atoms. The van der Waals surface area contributed by atoms with Gasteiger partial charge >= 0.3 is 0 Å². The molecule has 0 unspecified atom stereocenters. The average Bonchev–Trinajstić information content (AvgIpc) is 3.21. The van der Waals surface area contributed by atoms with Crippen LogP contribution in [0.2, 0.25) is 0 Å². The third-order valence-electron chi connectivity index (χ3n) is 4.39. The number of terminal acetylenes is 1. The zero-order valence-electron chi connectivity index (χ0n) is 14.9. The number of hydrogen-bond acceptors (Lipinski definition) is 6. The molecule has 1 fully saturated rings. The van der Waals surface area contributed by atoms with E-state index >= 15 is 0 Å². The smallest absolute Gasteiger partial charge is 0.162 e. The molecule has 1 saturated heterocycles. The third kappa shape index (κ3) is 3.64. The molecule has 2 heterocycles. The summed E-state index contributed by atoms with van der Waals surface area (Å²) in [6, 6.07) is 11.4. The van der Waals surface area contributed by atoms with Crippen molar-refractivity contribution in [1.82, 2.24) is 9.97 Å². The van der Waals surface area contributed by atoms with E-state index < -0.39 is 0 Å². The molecule has 0 radical (unpaired) electrons. The summed E-state index contributed by atoms with van der Waals surface area (Å²) in [5.41, 5.74) is 2.41. The zero-order chi connectivity index (χ0) is 18.6. The first kappa shape index (κ1) is 17.1. The maximum Gasteiger partial charge on any atom is 0.162 e. The molecule has 3 aromatic rings. The van der Waals surface area contributed by atoms with Crippen LogP contribution < -0.4 is 14.8 Å². The van der Waals surface area contributed by atoms with E-state index in [4.69, 9.17) is 20.6 Å². The molecular formula is C21H19N3O3. The number of fused-ring (bicyclic) bond motifs is 1. The zero-order valence-corrected chi connectivity index (χ0v) is 14.9. The maximum absolute atomic E-state index is 6.09. The number of methoxy groups -OCH3 is 1. The van der Waals surface area contributed by atoms with Crippen LogP contribution in [0.15, 0.2) is 42.7 Å². The molecule has 1 N–H and O–H groups in total. The fourth-order valence-corrected chi connectivity index (χ4v) is 3.02. The Balaban J connectivity index is 1.73. The molecule has 1 aliphatic rings. The van der Waals surface area contributed by atoms with Crippen LogP contribution in [0, 0.1) is 12.3 Å². The highest BCUT2D eigenvalue weighted by atomic mass is 16.6. The summed E-state index contributed by atoms with van der Waals surface area (Å²) in [4.78, 5) is 8.75. The first-order valence-corrected chi connectivity index (χ1v) is 8.67. The Bertz CT molecular complexity index is 1010. The van der Waals surface area contributed by atoms with Crippen LogP contribution in [-0.2, 0) is 4.74 Å². The number of nitrogens with zero attached hydrogens (tertiary/aromatic N) is 2. The van der Waals surface area contributed by atoms with Gasteiger partial charge in [-0.15, -0.1) is 6.42 Å². The van der Waals surface area contributed by atoms with E-state index in [1.807, 2.05) is 36.4 Å². The largest absolute Gasteiger partial charge is 0.493 e. The summed E-state index contributed by atoms with van der Waals surface area (Å²) in [5.74, 6) is 4.59. The van der Waals surface area contributed by atoms with Crippen molar-refractivity contribution < 1.29 is 14.2 Å². The Hall–Kier alpha value is -3.30. The quantitative estimate of drug-likeness (QED) is 0.702. The molecule has 1 aliphatic heterocycles. The molecule has 0 aliphatic carbocycles. The average molecular weight is 361 g/mol. The van der Waals surface area contributed by atoms with Crippen molar-refractivity contribution in [3.8, 4) is 23.8 Å². The number of ether oxygens (including phenoxy) is 3. The number of aromatic nitrogens is 2. The summed E-state index contributed by atoms with van der Waals surface area (Å²) in [6.07, 6.45) is 7.88. The molecule has 6 heteroatoms. The highest BCUT2D eigenvalue weighted by Gasteiger charge is 2.20. The standard InChI is InChI=1S/C21H19N3O3/c1-3-14-5-4-6-15(9-14)24-21-17-10-20(27-16-7-8-26-12-16)19(25-2)11-18(17)22-13-23-21/h1,4-6,9-11,13,16H,7-8,12H2,2H3,(H,22,23,24)/t16-/m1/s1. The Kier molecular flexibility index (Phi) is 4.77. The lowest BCUT2D eigenvalue weighted by atomic mass is 10.1. The van der Waals surface area contributed by atoms with Crippen LogP contribution in [0.1, 0.15) is 12.0 Å². The molecule has 4 rings (SSSR count). The lowest BCUT2D eigenvalue weighted by molar-refractivity contribution is 0.139. The van der Waals surface area contributed by atoms with Gasteiger partial charge in [-0.3, -0.25) is 0 Å². The summed E-state index contributed by atoms with van der Waals surface area (Å²) in [5, 5.41) is 4.14. The van der Waals surface area contributed by atoms with Crippen LogP contribution in [0.4, 0.5) is 11.5 Å². The van der Waals surface area contributed by atoms with Gasteiger partial charge in [-0.05, 0) is 24.3 Å². The Labute approximate surface area is 157 Å². The van der Waals surface area contributed by atoms with Crippen molar-refractivity contribution in [2.24, 2.45) is 0 Å². The van der Waals surface area contributed by atoms with Gasteiger partial charge in [0.1, 0.15) is 18.2 Å². The fraction of sp³-hybridized carbons (Fsp3) is 0.238. The van der Waals surface area contributed by atoms with Crippen LogP contribution in [0.5, 0.6) is 11.5 Å². The lowest BCUT2D eigenvalue weighted by Crippen LogP contribution is -2.16. The first-order valence-electron chi connectivity index (χ1n) is 8.67. The minimum Gasteiger partial charge on any atom is -0.493 e. The van der Waals surface area contributed by atoms with Gasteiger partial charge < -0.3 is 19.5 Å². The van der Waals surface area contributed by atoms with Gasteiger partial charge in [-0.2, -0.15) is 0 Å². The summed E-state index contributed by atoms with van der Waals surface area (Å²) < 4.78 is 17.0. The lowest BCUT2D eigenvalue weighted by Gasteiger charge is -2.16. The molecule has 0 bridgehead atoms. The van der Waals surface area contributed by atoms with Crippen molar-refractivity contribution >= 4 is 22.4 Å². The minimum atomic E-state index is 0.0182. The molecule has 136 valence electrons. The molecule has 0 amide bonds. The van der Waals surface area contributed by atoms with E-state index in [9.17, 15) is 0 Å². The maximum atomic E-state index is 6.09. The molecular weight excluding hydrogens is 342 g/mol. The Morgan fingerprint density at radius 1 is 1.22 bits per heavy atom. The van der Waals surface area contributed by atoms with E-state index in [-0.39, 0.29) is 6.10 Å². The molecule has 0 saturated carbocycles. The van der Waals surface area contributed by atoms with Gasteiger partial charge in [0.05, 0.1) is 25.8 Å². The van der Waals surface area contributed by atoms with Crippen LogP contribution in [-0.4, -0.2) is 36.4 Å². The van der Waals surface area contributed by atoms with E-state index in [1.54, 1.807) is 7.11 Å². The Morgan fingerprint density at radius 3 is 2.93 bits per heavy atom.